The van der Waals surface area contributed by atoms with Crippen LogP contribution in [0, 0.1) is 33.2 Å². The van der Waals surface area contributed by atoms with Crippen molar-refractivity contribution in [3.63, 3.8) is 0 Å². The first kappa shape index (κ1) is 17.0. The van der Waals surface area contributed by atoms with Crippen molar-refractivity contribution in [1.29, 1.82) is 5.26 Å². The van der Waals surface area contributed by atoms with Gasteiger partial charge in [0.2, 0.25) is 15.8 Å². The van der Waals surface area contributed by atoms with E-state index in [0.29, 0.717) is 12.1 Å². The number of nitrogens with zero attached hydrogens (tertiary/aromatic N) is 2. The average Bonchev–Trinajstić information content (AvgIpc) is 2.37. The zero-order valence-electron chi connectivity index (χ0n) is 11.6. The third-order valence-corrected chi connectivity index (χ3v) is 4.73. The molecule has 0 radical (unpaired) electrons. The molecular formula is C12H14FN3O4S. The van der Waals surface area contributed by atoms with Crippen LogP contribution < -0.4 is 4.72 Å². The molecule has 0 aliphatic heterocycles. The fourth-order valence-corrected chi connectivity index (χ4v) is 2.88. The number of nitro groups is 1. The van der Waals surface area contributed by atoms with Gasteiger partial charge in [0.15, 0.2) is 0 Å². The number of nitro benzene ring substituents is 1. The lowest BCUT2D eigenvalue weighted by Gasteiger charge is -2.26. The average molecular weight is 315 g/mol. The highest BCUT2D eigenvalue weighted by Crippen LogP contribution is 2.24. The maximum atomic E-state index is 13.2. The molecule has 7 nitrogen and oxygen atoms in total. The van der Waals surface area contributed by atoms with Crippen molar-refractivity contribution in [2.24, 2.45) is 5.92 Å². The highest BCUT2D eigenvalue weighted by atomic mass is 32.2. The number of sulfonamides is 1. The van der Waals surface area contributed by atoms with Gasteiger partial charge in [-0.25, -0.2) is 8.42 Å². The first-order valence-electron chi connectivity index (χ1n) is 5.92. The van der Waals surface area contributed by atoms with Crippen molar-refractivity contribution in [1.82, 2.24) is 4.72 Å². The summed E-state index contributed by atoms with van der Waals surface area (Å²) in [5.41, 5.74) is -2.33. The van der Waals surface area contributed by atoms with Crippen molar-refractivity contribution in [2.75, 3.05) is 0 Å². The molecule has 0 aromatic heterocycles. The van der Waals surface area contributed by atoms with Gasteiger partial charge in [0, 0.05) is 6.07 Å². The topological polar surface area (TPSA) is 113 Å². The molecule has 0 saturated heterocycles. The summed E-state index contributed by atoms with van der Waals surface area (Å²) in [6.45, 7) is 4.70. The highest BCUT2D eigenvalue weighted by molar-refractivity contribution is 7.89. The van der Waals surface area contributed by atoms with Gasteiger partial charge in [-0.05, 0) is 25.0 Å². The maximum absolute atomic E-state index is 13.2. The molecule has 0 amide bonds. The molecule has 0 bridgehead atoms. The van der Waals surface area contributed by atoms with Crippen LogP contribution in [0.4, 0.5) is 10.1 Å². The molecular weight excluding hydrogens is 301 g/mol. The van der Waals surface area contributed by atoms with Crippen LogP contribution in [0.25, 0.3) is 0 Å². The molecule has 9 heteroatoms. The summed E-state index contributed by atoms with van der Waals surface area (Å²) in [4.78, 5) is 9.16. The van der Waals surface area contributed by atoms with Crippen LogP contribution in [0.3, 0.4) is 0 Å². The second kappa shape index (κ2) is 5.75. The zero-order valence-corrected chi connectivity index (χ0v) is 12.4. The van der Waals surface area contributed by atoms with E-state index in [-0.39, 0.29) is 5.92 Å². The van der Waals surface area contributed by atoms with E-state index in [9.17, 15) is 22.9 Å². The van der Waals surface area contributed by atoms with Gasteiger partial charge < -0.3 is 0 Å². The van der Waals surface area contributed by atoms with Crippen molar-refractivity contribution < 1.29 is 17.7 Å². The van der Waals surface area contributed by atoms with Crippen molar-refractivity contribution in [3.05, 3.63) is 34.1 Å². The summed E-state index contributed by atoms with van der Waals surface area (Å²) >= 11 is 0. The molecule has 21 heavy (non-hydrogen) atoms. The molecule has 0 spiro atoms. The molecule has 1 atom stereocenters. The minimum atomic E-state index is -4.19. The van der Waals surface area contributed by atoms with Crippen LogP contribution in [0.2, 0.25) is 0 Å². The van der Waals surface area contributed by atoms with Gasteiger partial charge in [0.1, 0.15) is 5.54 Å². The van der Waals surface area contributed by atoms with E-state index in [2.05, 4.69) is 4.72 Å². The van der Waals surface area contributed by atoms with Crippen molar-refractivity contribution >= 4 is 15.7 Å². The maximum Gasteiger partial charge on any atom is 0.306 e. The lowest BCUT2D eigenvalue weighted by Crippen LogP contribution is -2.48. The number of benzene rings is 1. The largest absolute Gasteiger partial charge is 0.306 e. The summed E-state index contributed by atoms with van der Waals surface area (Å²) in [6, 6.07) is 4.08. The number of rotatable bonds is 5. The van der Waals surface area contributed by atoms with Crippen molar-refractivity contribution in [3.8, 4) is 6.07 Å². The predicted molar refractivity (Wildman–Crippen MR) is 72.2 cm³/mol. The molecule has 0 heterocycles. The Bertz CT molecular complexity index is 712. The van der Waals surface area contributed by atoms with Gasteiger partial charge in [-0.1, -0.05) is 13.8 Å². The Morgan fingerprint density at radius 3 is 2.48 bits per heavy atom. The van der Waals surface area contributed by atoms with Crippen LogP contribution >= 0.6 is 0 Å². The van der Waals surface area contributed by atoms with E-state index in [1.54, 1.807) is 13.8 Å². The second-order valence-corrected chi connectivity index (χ2v) is 6.63. The lowest BCUT2D eigenvalue weighted by molar-refractivity contribution is -0.387. The highest BCUT2D eigenvalue weighted by Gasteiger charge is 2.34. The standard InChI is InChI=1S/C12H14FN3O4S/c1-8(2)12(3,7-14)15-21(19,20)9-4-5-10(13)11(6-9)16(17)18/h4-6,8,15H,1-3H3/t12-/m0/s1. The number of nitriles is 1. The molecule has 0 aliphatic carbocycles. The summed E-state index contributed by atoms with van der Waals surface area (Å²) in [5, 5.41) is 19.8. The van der Waals surface area contributed by atoms with Gasteiger partial charge in [-0.2, -0.15) is 14.4 Å². The summed E-state index contributed by atoms with van der Waals surface area (Å²) in [7, 11) is -4.19. The van der Waals surface area contributed by atoms with Crippen LogP contribution in [0.1, 0.15) is 20.8 Å². The molecule has 0 saturated carbocycles. The van der Waals surface area contributed by atoms with E-state index in [0.717, 1.165) is 6.07 Å². The van der Waals surface area contributed by atoms with E-state index < -0.39 is 36.9 Å². The fourth-order valence-electron chi connectivity index (χ4n) is 1.41. The normalized spacial score (nSPS) is 14.5. The van der Waals surface area contributed by atoms with Gasteiger partial charge >= 0.3 is 5.69 Å². The molecule has 114 valence electrons. The minimum absolute atomic E-state index is 0.340. The van der Waals surface area contributed by atoms with E-state index in [1.165, 1.54) is 6.92 Å². The van der Waals surface area contributed by atoms with E-state index >= 15 is 0 Å². The van der Waals surface area contributed by atoms with Crippen LogP contribution in [0.15, 0.2) is 23.1 Å². The Balaban J connectivity index is 3.30. The van der Waals surface area contributed by atoms with Crippen LogP contribution in [0.5, 0.6) is 0 Å². The fraction of sp³-hybridized carbons (Fsp3) is 0.417. The molecule has 1 aromatic carbocycles. The number of hydrogen-bond acceptors (Lipinski definition) is 5. The minimum Gasteiger partial charge on any atom is -0.258 e. The molecule has 0 fully saturated rings. The van der Waals surface area contributed by atoms with Gasteiger partial charge in [0.25, 0.3) is 0 Å². The number of nitrogens with one attached hydrogen (secondary N) is 1. The summed E-state index contributed by atoms with van der Waals surface area (Å²) < 4.78 is 39.8. The SMILES string of the molecule is CC(C)[C@](C)(C#N)NS(=O)(=O)c1ccc(F)c([N+](=O)[O-])c1. The smallest absolute Gasteiger partial charge is 0.258 e. The molecule has 1 aromatic rings. The van der Waals surface area contributed by atoms with Gasteiger partial charge in [0.05, 0.1) is 15.9 Å². The first-order chi connectivity index (χ1) is 9.53. The Kier molecular flexibility index (Phi) is 4.65. The Morgan fingerprint density at radius 2 is 2.05 bits per heavy atom. The Labute approximate surface area is 121 Å². The monoisotopic (exact) mass is 315 g/mol. The Hall–Kier alpha value is -2.05. The molecule has 1 N–H and O–H groups in total. The predicted octanol–water partition coefficient (Wildman–Crippen LogP) is 1.95. The Morgan fingerprint density at radius 1 is 1.48 bits per heavy atom. The molecule has 0 unspecified atom stereocenters. The van der Waals surface area contributed by atoms with E-state index in [4.69, 9.17) is 5.26 Å². The zero-order chi connectivity index (χ0) is 16.4. The lowest BCUT2D eigenvalue weighted by atomic mass is 9.92. The third kappa shape index (κ3) is 3.53. The van der Waals surface area contributed by atoms with Crippen LogP contribution in [-0.4, -0.2) is 18.9 Å². The number of hydrogen-bond donors (Lipinski definition) is 1. The summed E-state index contributed by atoms with van der Waals surface area (Å²) in [6.07, 6.45) is 0. The first-order valence-corrected chi connectivity index (χ1v) is 7.41. The van der Waals surface area contributed by atoms with Crippen molar-refractivity contribution in [2.45, 2.75) is 31.2 Å². The van der Waals surface area contributed by atoms with Gasteiger partial charge in [-0.3, -0.25) is 10.1 Å². The quantitative estimate of drug-likeness (QED) is 0.659. The van der Waals surface area contributed by atoms with Crippen LogP contribution in [-0.2, 0) is 10.0 Å². The van der Waals surface area contributed by atoms with Gasteiger partial charge in [-0.15, -0.1) is 0 Å². The molecule has 0 aliphatic rings. The van der Waals surface area contributed by atoms with E-state index in [1.807, 2.05) is 6.07 Å². The second-order valence-electron chi connectivity index (χ2n) is 4.94. The third-order valence-electron chi connectivity index (χ3n) is 3.16. The molecule has 1 rings (SSSR count). The number of halogens is 1. The summed E-state index contributed by atoms with van der Waals surface area (Å²) in [5.74, 6) is -1.47.